The summed E-state index contributed by atoms with van der Waals surface area (Å²) in [6.45, 7) is 2.55. The summed E-state index contributed by atoms with van der Waals surface area (Å²) in [6, 6.07) is 17.2. The van der Waals surface area contributed by atoms with Crippen LogP contribution in [-0.2, 0) is 17.9 Å². The van der Waals surface area contributed by atoms with Crippen LogP contribution < -0.4 is 0 Å². The van der Waals surface area contributed by atoms with Gasteiger partial charge in [-0.2, -0.15) is 0 Å². The first-order valence-electron chi connectivity index (χ1n) is 10.4. The molecule has 5 nitrogen and oxygen atoms in total. The van der Waals surface area contributed by atoms with Crippen molar-refractivity contribution in [3.05, 3.63) is 95.2 Å². The average Bonchev–Trinajstić information content (AvgIpc) is 3.48. The van der Waals surface area contributed by atoms with Crippen LogP contribution in [0, 0.1) is 12.7 Å². The minimum Gasteiger partial charge on any atom is -0.467 e. The average molecular weight is 420 g/mol. The van der Waals surface area contributed by atoms with Crippen molar-refractivity contribution < 1.29 is 18.4 Å². The van der Waals surface area contributed by atoms with Crippen LogP contribution in [0.15, 0.2) is 71.3 Å². The highest BCUT2D eigenvalue weighted by atomic mass is 19.1. The Bertz CT molecular complexity index is 1030. The Morgan fingerprint density at radius 3 is 2.32 bits per heavy atom. The van der Waals surface area contributed by atoms with Crippen LogP contribution in [0.2, 0.25) is 0 Å². The van der Waals surface area contributed by atoms with Gasteiger partial charge in [0.15, 0.2) is 0 Å². The van der Waals surface area contributed by atoms with Crippen LogP contribution in [0.3, 0.4) is 0 Å². The van der Waals surface area contributed by atoms with Crippen molar-refractivity contribution >= 4 is 11.8 Å². The number of nitrogens with zero attached hydrogens (tertiary/aromatic N) is 2. The Morgan fingerprint density at radius 2 is 1.71 bits per heavy atom. The van der Waals surface area contributed by atoms with E-state index in [-0.39, 0.29) is 36.8 Å². The molecule has 0 N–H and O–H groups in total. The lowest BCUT2D eigenvalue weighted by Gasteiger charge is -2.27. The summed E-state index contributed by atoms with van der Waals surface area (Å²) >= 11 is 0. The summed E-state index contributed by atoms with van der Waals surface area (Å²) in [5.41, 5.74) is 2.47. The molecule has 4 rings (SSSR count). The maximum Gasteiger partial charge on any atom is 0.254 e. The molecular formula is C25H25FN2O3. The number of aryl methyl sites for hydroxylation is 1. The molecule has 0 atom stereocenters. The van der Waals surface area contributed by atoms with Gasteiger partial charge in [0.05, 0.1) is 12.8 Å². The normalized spacial score (nSPS) is 13.1. The minimum atomic E-state index is -0.323. The molecule has 1 aliphatic rings. The van der Waals surface area contributed by atoms with Gasteiger partial charge in [-0.15, -0.1) is 0 Å². The summed E-state index contributed by atoms with van der Waals surface area (Å²) in [7, 11) is 0. The molecule has 0 aliphatic heterocycles. The molecule has 1 fully saturated rings. The van der Waals surface area contributed by atoms with Crippen molar-refractivity contribution in [2.45, 2.75) is 38.9 Å². The molecule has 0 bridgehead atoms. The van der Waals surface area contributed by atoms with Crippen LogP contribution in [0.1, 0.15) is 40.1 Å². The van der Waals surface area contributed by atoms with Gasteiger partial charge in [-0.05, 0) is 61.7 Å². The zero-order valence-corrected chi connectivity index (χ0v) is 17.5. The van der Waals surface area contributed by atoms with E-state index in [1.165, 1.54) is 12.1 Å². The topological polar surface area (TPSA) is 53.8 Å². The molecule has 3 aromatic rings. The SMILES string of the molecule is Cc1ccc(C(=O)N(CC(=O)N(Cc2ccc(F)cc2)Cc2ccco2)C2CC2)cc1. The van der Waals surface area contributed by atoms with Gasteiger partial charge < -0.3 is 14.2 Å². The van der Waals surface area contributed by atoms with Gasteiger partial charge >= 0.3 is 0 Å². The molecule has 0 unspecified atom stereocenters. The lowest BCUT2D eigenvalue weighted by molar-refractivity contribution is -0.133. The third kappa shape index (κ3) is 5.40. The van der Waals surface area contributed by atoms with Crippen LogP contribution in [0.4, 0.5) is 4.39 Å². The van der Waals surface area contributed by atoms with E-state index in [9.17, 15) is 14.0 Å². The second kappa shape index (κ2) is 9.16. The first-order valence-corrected chi connectivity index (χ1v) is 10.4. The van der Waals surface area contributed by atoms with Gasteiger partial charge in [0.1, 0.15) is 18.1 Å². The van der Waals surface area contributed by atoms with Crippen molar-refractivity contribution in [3.63, 3.8) is 0 Å². The predicted molar refractivity (Wildman–Crippen MR) is 115 cm³/mol. The molecule has 1 aliphatic carbocycles. The Morgan fingerprint density at radius 1 is 1.00 bits per heavy atom. The molecule has 0 saturated heterocycles. The van der Waals surface area contributed by atoms with E-state index in [0.29, 0.717) is 17.9 Å². The van der Waals surface area contributed by atoms with Crippen molar-refractivity contribution in [3.8, 4) is 0 Å². The van der Waals surface area contributed by atoms with E-state index in [2.05, 4.69) is 0 Å². The maximum atomic E-state index is 13.3. The molecule has 6 heteroatoms. The van der Waals surface area contributed by atoms with Gasteiger partial charge in [-0.25, -0.2) is 4.39 Å². The van der Waals surface area contributed by atoms with E-state index in [4.69, 9.17) is 4.42 Å². The zero-order chi connectivity index (χ0) is 21.8. The number of furan rings is 1. The molecule has 31 heavy (non-hydrogen) atoms. The summed E-state index contributed by atoms with van der Waals surface area (Å²) in [6.07, 6.45) is 3.37. The molecule has 1 saturated carbocycles. The molecule has 2 aromatic carbocycles. The van der Waals surface area contributed by atoms with Gasteiger partial charge in [0, 0.05) is 18.2 Å². The quantitative estimate of drug-likeness (QED) is 0.537. The lowest BCUT2D eigenvalue weighted by Crippen LogP contribution is -2.43. The minimum absolute atomic E-state index is 0.000715. The maximum absolute atomic E-state index is 13.3. The summed E-state index contributed by atoms with van der Waals surface area (Å²) in [4.78, 5) is 29.7. The van der Waals surface area contributed by atoms with Crippen molar-refractivity contribution in [1.82, 2.24) is 9.80 Å². The largest absolute Gasteiger partial charge is 0.467 e. The number of amides is 2. The number of carbonyl (C=O) groups is 2. The summed E-state index contributed by atoms with van der Waals surface area (Å²) in [5.74, 6) is 0.0261. The van der Waals surface area contributed by atoms with E-state index < -0.39 is 0 Å². The number of hydrogen-bond acceptors (Lipinski definition) is 3. The fourth-order valence-electron chi connectivity index (χ4n) is 3.49. The first-order chi connectivity index (χ1) is 15.0. The van der Waals surface area contributed by atoms with E-state index >= 15 is 0 Å². The third-order valence-electron chi connectivity index (χ3n) is 5.42. The summed E-state index contributed by atoms with van der Waals surface area (Å²) < 4.78 is 18.7. The molecule has 0 radical (unpaired) electrons. The number of benzene rings is 2. The molecular weight excluding hydrogens is 395 g/mol. The van der Waals surface area contributed by atoms with Crippen molar-refractivity contribution in [2.24, 2.45) is 0 Å². The van der Waals surface area contributed by atoms with E-state index in [1.54, 1.807) is 52.5 Å². The van der Waals surface area contributed by atoms with Gasteiger partial charge in [0.25, 0.3) is 5.91 Å². The van der Waals surface area contributed by atoms with Crippen LogP contribution in [0.5, 0.6) is 0 Å². The molecule has 0 spiro atoms. The van der Waals surface area contributed by atoms with E-state index in [1.807, 2.05) is 19.1 Å². The lowest BCUT2D eigenvalue weighted by atomic mass is 10.1. The summed E-state index contributed by atoms with van der Waals surface area (Å²) in [5, 5.41) is 0. The Balaban J connectivity index is 1.52. The molecule has 160 valence electrons. The fourth-order valence-corrected chi connectivity index (χ4v) is 3.49. The highest BCUT2D eigenvalue weighted by Crippen LogP contribution is 2.28. The zero-order valence-electron chi connectivity index (χ0n) is 17.5. The van der Waals surface area contributed by atoms with Crippen LogP contribution in [-0.4, -0.2) is 34.2 Å². The number of carbonyl (C=O) groups excluding carboxylic acids is 2. The first kappa shape index (κ1) is 20.8. The molecule has 2 amide bonds. The van der Waals surface area contributed by atoms with Crippen LogP contribution in [0.25, 0.3) is 0 Å². The Hall–Kier alpha value is -3.41. The van der Waals surface area contributed by atoms with E-state index in [0.717, 1.165) is 24.0 Å². The highest BCUT2D eigenvalue weighted by molar-refractivity contribution is 5.97. The Labute approximate surface area is 181 Å². The Kier molecular flexibility index (Phi) is 6.16. The van der Waals surface area contributed by atoms with Gasteiger partial charge in [-0.3, -0.25) is 9.59 Å². The monoisotopic (exact) mass is 420 g/mol. The fraction of sp³-hybridized carbons (Fsp3) is 0.280. The third-order valence-corrected chi connectivity index (χ3v) is 5.42. The standard InChI is InChI=1S/C25H25FN2O3/c1-18-4-8-20(9-5-18)25(30)28(22-12-13-22)17-24(29)27(16-23-3-2-14-31-23)15-19-6-10-21(26)11-7-19/h2-11,14,22H,12-13,15-17H2,1H3. The van der Waals surface area contributed by atoms with Gasteiger partial charge in [0.2, 0.25) is 5.91 Å². The predicted octanol–water partition coefficient (Wildman–Crippen LogP) is 4.56. The second-order valence-electron chi connectivity index (χ2n) is 7.99. The second-order valence-corrected chi connectivity index (χ2v) is 7.99. The molecule has 1 heterocycles. The number of rotatable bonds is 8. The van der Waals surface area contributed by atoms with Crippen LogP contribution >= 0.6 is 0 Å². The number of hydrogen-bond donors (Lipinski definition) is 0. The van der Waals surface area contributed by atoms with Crippen molar-refractivity contribution in [2.75, 3.05) is 6.54 Å². The van der Waals surface area contributed by atoms with Crippen molar-refractivity contribution in [1.29, 1.82) is 0 Å². The highest BCUT2D eigenvalue weighted by Gasteiger charge is 2.35. The smallest absolute Gasteiger partial charge is 0.254 e. The molecule has 1 aromatic heterocycles. The number of halogens is 1. The van der Waals surface area contributed by atoms with Gasteiger partial charge in [-0.1, -0.05) is 29.8 Å².